The zero-order chi connectivity index (χ0) is 6.41. The van der Waals surface area contributed by atoms with Gasteiger partial charge in [0.15, 0.2) is 0 Å². The zero-order valence-corrected chi connectivity index (χ0v) is 5.39. The van der Waals surface area contributed by atoms with Crippen LogP contribution >= 0.6 is 0 Å². The molecule has 0 amide bonds. The molecule has 0 aliphatic rings. The first-order valence-electron chi connectivity index (χ1n) is 2.55. The number of hydrogen-bond acceptors (Lipinski definition) is 1. The van der Waals surface area contributed by atoms with Crippen molar-refractivity contribution in [3.05, 3.63) is 24.3 Å². The maximum atomic E-state index is 3.78. The lowest BCUT2D eigenvalue weighted by atomic mass is 10.3. The van der Waals surface area contributed by atoms with E-state index in [1.807, 2.05) is 19.1 Å². The minimum atomic E-state index is 0.940. The Morgan fingerprint density at radius 2 is 2.25 bits per heavy atom. The molecule has 0 radical (unpaired) electrons. The summed E-state index contributed by atoms with van der Waals surface area (Å²) >= 11 is 0. The highest BCUT2D eigenvalue weighted by molar-refractivity contribution is 5.80. The van der Waals surface area contributed by atoms with Crippen molar-refractivity contribution in [3.63, 3.8) is 0 Å². The summed E-state index contributed by atoms with van der Waals surface area (Å²) in [6, 6.07) is 0. The third-order valence-corrected chi connectivity index (χ3v) is 0.676. The highest BCUT2D eigenvalue weighted by atomic mass is 14.6. The summed E-state index contributed by atoms with van der Waals surface area (Å²) in [6.45, 7) is 5.65. The average Bonchev–Trinajstić information content (AvgIpc) is 1.68. The van der Waals surface area contributed by atoms with Crippen LogP contribution in [0.5, 0.6) is 0 Å². The third-order valence-electron chi connectivity index (χ3n) is 0.676. The highest BCUT2D eigenvalue weighted by Gasteiger charge is 1.73. The van der Waals surface area contributed by atoms with E-state index in [1.165, 1.54) is 0 Å². The molecule has 0 aliphatic heterocycles. The maximum absolute atomic E-state index is 3.78. The van der Waals surface area contributed by atoms with Crippen LogP contribution in [0.1, 0.15) is 6.92 Å². The predicted molar refractivity (Wildman–Crippen MR) is 38.4 cm³/mol. The minimum Gasteiger partial charge on any atom is -0.296 e. The number of allylic oxidation sites excluding steroid dienone is 3. The van der Waals surface area contributed by atoms with Crippen LogP contribution in [0, 0.1) is 0 Å². The summed E-state index contributed by atoms with van der Waals surface area (Å²) in [4.78, 5) is 3.78. The van der Waals surface area contributed by atoms with Gasteiger partial charge in [-0.2, -0.15) is 0 Å². The highest BCUT2D eigenvalue weighted by Crippen LogP contribution is 1.85. The largest absolute Gasteiger partial charge is 0.296 e. The van der Waals surface area contributed by atoms with Crippen molar-refractivity contribution in [1.82, 2.24) is 0 Å². The number of rotatable bonds is 2. The molecule has 44 valence electrons. The lowest BCUT2D eigenvalue weighted by molar-refractivity contribution is 1.47. The van der Waals surface area contributed by atoms with Crippen molar-refractivity contribution < 1.29 is 0 Å². The van der Waals surface area contributed by atoms with Crippen molar-refractivity contribution in [2.45, 2.75) is 6.92 Å². The van der Waals surface area contributed by atoms with E-state index in [4.69, 9.17) is 0 Å². The summed E-state index contributed by atoms with van der Waals surface area (Å²) in [5.41, 5.74) is 0.940. The SMILES string of the molecule is C=C(/C=C\C)/C=N\C. The lowest BCUT2D eigenvalue weighted by Gasteiger charge is -1.81. The van der Waals surface area contributed by atoms with E-state index >= 15 is 0 Å². The second-order valence-electron chi connectivity index (χ2n) is 1.46. The van der Waals surface area contributed by atoms with Gasteiger partial charge in [0.05, 0.1) is 0 Å². The molecule has 1 nitrogen and oxygen atoms in total. The van der Waals surface area contributed by atoms with E-state index in [9.17, 15) is 0 Å². The summed E-state index contributed by atoms with van der Waals surface area (Å²) < 4.78 is 0. The monoisotopic (exact) mass is 109 g/mol. The minimum absolute atomic E-state index is 0.940. The molecule has 0 aliphatic carbocycles. The van der Waals surface area contributed by atoms with Gasteiger partial charge < -0.3 is 0 Å². The van der Waals surface area contributed by atoms with Gasteiger partial charge in [-0.3, -0.25) is 4.99 Å². The molecule has 0 fully saturated rings. The Balaban J connectivity index is 3.66. The lowest BCUT2D eigenvalue weighted by Crippen LogP contribution is -1.73. The quantitative estimate of drug-likeness (QED) is 0.379. The van der Waals surface area contributed by atoms with Crippen LogP contribution in [0.15, 0.2) is 29.3 Å². The average molecular weight is 109 g/mol. The predicted octanol–water partition coefficient (Wildman–Crippen LogP) is 1.82. The summed E-state index contributed by atoms with van der Waals surface area (Å²) in [6.07, 6.45) is 5.57. The van der Waals surface area contributed by atoms with Crippen molar-refractivity contribution >= 4 is 6.21 Å². The Morgan fingerprint density at radius 3 is 2.62 bits per heavy atom. The molecular weight excluding hydrogens is 98.1 g/mol. The molecule has 0 heterocycles. The first-order chi connectivity index (χ1) is 3.81. The molecule has 0 bridgehead atoms. The first-order valence-corrected chi connectivity index (χ1v) is 2.55. The van der Waals surface area contributed by atoms with Crippen LogP contribution in [0.4, 0.5) is 0 Å². The van der Waals surface area contributed by atoms with Crippen molar-refractivity contribution in [3.8, 4) is 0 Å². The van der Waals surface area contributed by atoms with Crippen molar-refractivity contribution in [2.75, 3.05) is 7.05 Å². The van der Waals surface area contributed by atoms with E-state index in [1.54, 1.807) is 13.3 Å². The topological polar surface area (TPSA) is 12.4 Å². The van der Waals surface area contributed by atoms with E-state index in [0.29, 0.717) is 0 Å². The van der Waals surface area contributed by atoms with Gasteiger partial charge >= 0.3 is 0 Å². The summed E-state index contributed by atoms with van der Waals surface area (Å²) in [5.74, 6) is 0. The standard InChI is InChI=1S/C7H11N/c1-4-5-7(2)6-8-3/h4-6H,2H2,1,3H3/b5-4-,8-6-. The van der Waals surface area contributed by atoms with Gasteiger partial charge in [0.25, 0.3) is 0 Å². The van der Waals surface area contributed by atoms with Crippen LogP contribution in [0.25, 0.3) is 0 Å². The van der Waals surface area contributed by atoms with Crippen LogP contribution in [0.2, 0.25) is 0 Å². The Labute approximate surface area is 50.4 Å². The molecule has 0 saturated heterocycles. The van der Waals surface area contributed by atoms with Gasteiger partial charge in [-0.15, -0.1) is 0 Å². The second kappa shape index (κ2) is 4.31. The fourth-order valence-corrected chi connectivity index (χ4v) is 0.423. The van der Waals surface area contributed by atoms with Crippen molar-refractivity contribution in [1.29, 1.82) is 0 Å². The number of nitrogens with zero attached hydrogens (tertiary/aromatic N) is 1. The molecule has 0 atom stereocenters. The van der Waals surface area contributed by atoms with Gasteiger partial charge in [0, 0.05) is 13.3 Å². The Bertz CT molecular complexity index is 106. The van der Waals surface area contributed by atoms with Crippen LogP contribution in [-0.2, 0) is 0 Å². The summed E-state index contributed by atoms with van der Waals surface area (Å²) in [7, 11) is 1.73. The Kier molecular flexibility index (Phi) is 3.85. The molecule has 0 N–H and O–H groups in total. The van der Waals surface area contributed by atoms with Crippen LogP contribution < -0.4 is 0 Å². The maximum Gasteiger partial charge on any atom is 0.0277 e. The molecule has 0 aromatic rings. The molecule has 0 spiro atoms. The molecule has 0 saturated carbocycles. The molecule has 0 rings (SSSR count). The fraction of sp³-hybridized carbons (Fsp3) is 0.286. The van der Waals surface area contributed by atoms with Gasteiger partial charge in [-0.1, -0.05) is 18.7 Å². The Morgan fingerprint density at radius 1 is 1.62 bits per heavy atom. The van der Waals surface area contributed by atoms with E-state index < -0.39 is 0 Å². The van der Waals surface area contributed by atoms with E-state index in [2.05, 4.69) is 11.6 Å². The number of hydrogen-bond donors (Lipinski definition) is 0. The molecular formula is C7H11N. The molecule has 0 aromatic carbocycles. The fourth-order valence-electron chi connectivity index (χ4n) is 0.423. The van der Waals surface area contributed by atoms with E-state index in [-0.39, 0.29) is 0 Å². The second-order valence-corrected chi connectivity index (χ2v) is 1.46. The normalized spacial score (nSPS) is 11.2. The molecule has 8 heavy (non-hydrogen) atoms. The molecule has 0 unspecified atom stereocenters. The zero-order valence-electron chi connectivity index (χ0n) is 5.39. The third kappa shape index (κ3) is 3.34. The Hall–Kier alpha value is -0.850. The van der Waals surface area contributed by atoms with Crippen LogP contribution in [0.3, 0.4) is 0 Å². The summed E-state index contributed by atoms with van der Waals surface area (Å²) in [5, 5.41) is 0. The van der Waals surface area contributed by atoms with Gasteiger partial charge in [0.2, 0.25) is 0 Å². The smallest absolute Gasteiger partial charge is 0.0277 e. The molecule has 0 aromatic heterocycles. The number of aliphatic imine (C=N–C) groups is 1. The van der Waals surface area contributed by atoms with Crippen molar-refractivity contribution in [2.24, 2.45) is 4.99 Å². The van der Waals surface area contributed by atoms with Gasteiger partial charge in [-0.25, -0.2) is 0 Å². The van der Waals surface area contributed by atoms with Crippen LogP contribution in [-0.4, -0.2) is 13.3 Å². The molecule has 1 heteroatoms. The van der Waals surface area contributed by atoms with Gasteiger partial charge in [-0.05, 0) is 12.5 Å². The van der Waals surface area contributed by atoms with E-state index in [0.717, 1.165) is 5.57 Å². The first kappa shape index (κ1) is 7.15. The van der Waals surface area contributed by atoms with Gasteiger partial charge in [0.1, 0.15) is 0 Å².